The molecule has 0 radical (unpaired) electrons. The van der Waals surface area contributed by atoms with E-state index in [-0.39, 0.29) is 11.5 Å². The Morgan fingerprint density at radius 3 is 2.71 bits per heavy atom. The number of nitrogens with zero attached hydrogens (tertiary/aromatic N) is 2. The van der Waals surface area contributed by atoms with Gasteiger partial charge in [-0.3, -0.25) is 0 Å². The predicted molar refractivity (Wildman–Crippen MR) is 52.6 cm³/mol. The van der Waals surface area contributed by atoms with Crippen LogP contribution in [0.3, 0.4) is 0 Å². The molecule has 1 fully saturated rings. The molecule has 7 heteroatoms. The highest BCUT2D eigenvalue weighted by atomic mass is 79.9. The van der Waals surface area contributed by atoms with Gasteiger partial charge in [-0.2, -0.15) is 4.98 Å². The molecule has 1 unspecified atom stereocenters. The highest BCUT2D eigenvalue weighted by Crippen LogP contribution is 2.34. The van der Waals surface area contributed by atoms with Crippen LogP contribution in [0.5, 0.6) is 0 Å². The third-order valence-electron chi connectivity index (χ3n) is 2.42. The van der Waals surface area contributed by atoms with Gasteiger partial charge in [0.05, 0.1) is 16.9 Å². The summed E-state index contributed by atoms with van der Waals surface area (Å²) in [7, 11) is -2.94. The average Bonchev–Trinajstić information content (AvgIpc) is 2.57. The lowest BCUT2D eigenvalue weighted by Gasteiger charge is -2.15. The van der Waals surface area contributed by atoms with Crippen molar-refractivity contribution in [2.24, 2.45) is 0 Å². The summed E-state index contributed by atoms with van der Waals surface area (Å²) < 4.78 is 28.0. The van der Waals surface area contributed by atoms with Crippen LogP contribution in [-0.4, -0.2) is 30.1 Å². The van der Waals surface area contributed by atoms with Crippen molar-refractivity contribution in [1.29, 1.82) is 0 Å². The molecule has 1 aromatic heterocycles. The third-order valence-corrected chi connectivity index (χ3v) is 4.65. The van der Waals surface area contributed by atoms with Gasteiger partial charge in [0.2, 0.25) is 10.6 Å². The Kier molecular flexibility index (Phi) is 2.19. The van der Waals surface area contributed by atoms with E-state index >= 15 is 0 Å². The molecule has 5 nitrogen and oxygen atoms in total. The summed E-state index contributed by atoms with van der Waals surface area (Å²) >= 11 is 3.07. The fourth-order valence-electron chi connectivity index (χ4n) is 1.63. The topological polar surface area (TPSA) is 73.1 Å². The highest BCUT2D eigenvalue weighted by Gasteiger charge is 2.43. The molecule has 0 saturated carbocycles. The summed E-state index contributed by atoms with van der Waals surface area (Å²) in [6.07, 6.45) is 0.546. The zero-order valence-corrected chi connectivity index (χ0v) is 9.93. The van der Waals surface area contributed by atoms with Crippen molar-refractivity contribution in [2.75, 3.05) is 11.5 Å². The van der Waals surface area contributed by atoms with Gasteiger partial charge in [-0.05, 0) is 34.4 Å². The molecule has 1 saturated heterocycles. The number of rotatable bonds is 1. The Hall–Kier alpha value is -0.430. The van der Waals surface area contributed by atoms with Crippen LogP contribution in [0.15, 0.2) is 9.26 Å². The maximum absolute atomic E-state index is 11.3. The average molecular weight is 281 g/mol. The third kappa shape index (κ3) is 1.70. The molecule has 1 atom stereocenters. The van der Waals surface area contributed by atoms with Crippen molar-refractivity contribution in [3.05, 3.63) is 10.6 Å². The largest absolute Gasteiger partial charge is 0.338 e. The molecule has 2 rings (SSSR count). The summed E-state index contributed by atoms with van der Waals surface area (Å²) in [5.41, 5.74) is -0.516. The first-order valence-electron chi connectivity index (χ1n) is 4.11. The molecule has 78 valence electrons. The first-order chi connectivity index (χ1) is 6.41. The lowest BCUT2D eigenvalue weighted by atomic mass is 9.90. The summed E-state index contributed by atoms with van der Waals surface area (Å²) in [4.78, 5) is 4.00. The Morgan fingerprint density at radius 2 is 2.29 bits per heavy atom. The van der Waals surface area contributed by atoms with E-state index in [1.54, 1.807) is 0 Å². The molecule has 0 amide bonds. The van der Waals surface area contributed by atoms with Crippen LogP contribution in [0, 0.1) is 0 Å². The normalized spacial score (nSPS) is 30.7. The van der Waals surface area contributed by atoms with E-state index < -0.39 is 15.3 Å². The number of sulfone groups is 1. The van der Waals surface area contributed by atoms with E-state index in [0.717, 1.165) is 0 Å². The number of halogens is 1. The molecule has 1 aromatic rings. The van der Waals surface area contributed by atoms with Gasteiger partial charge in [0.15, 0.2) is 9.84 Å². The van der Waals surface area contributed by atoms with Crippen LogP contribution in [0.1, 0.15) is 19.2 Å². The lowest BCUT2D eigenvalue weighted by molar-refractivity contribution is 0.309. The van der Waals surface area contributed by atoms with Crippen LogP contribution in [0.4, 0.5) is 0 Å². The molecule has 0 aliphatic carbocycles. The van der Waals surface area contributed by atoms with E-state index in [1.807, 2.05) is 6.92 Å². The molecule has 0 N–H and O–H groups in total. The molecular formula is C7H9BrN2O3S. The SMILES string of the molecule is CC1(c2nc(Br)no2)CCS(=O)(=O)C1. The maximum atomic E-state index is 11.3. The van der Waals surface area contributed by atoms with Crippen LogP contribution in [-0.2, 0) is 15.3 Å². The molecule has 0 aromatic carbocycles. The van der Waals surface area contributed by atoms with Crippen LogP contribution < -0.4 is 0 Å². The van der Waals surface area contributed by atoms with E-state index in [4.69, 9.17) is 4.52 Å². The number of hydrogen-bond acceptors (Lipinski definition) is 5. The second-order valence-corrected chi connectivity index (χ2v) is 6.66. The van der Waals surface area contributed by atoms with Crippen molar-refractivity contribution in [2.45, 2.75) is 18.8 Å². The molecule has 1 aliphatic rings. The second kappa shape index (κ2) is 3.03. The van der Waals surface area contributed by atoms with E-state index in [0.29, 0.717) is 17.0 Å². The Balaban J connectivity index is 2.36. The second-order valence-electron chi connectivity index (χ2n) is 3.77. The Morgan fingerprint density at radius 1 is 1.57 bits per heavy atom. The number of hydrogen-bond donors (Lipinski definition) is 0. The van der Waals surface area contributed by atoms with Gasteiger partial charge in [0.25, 0.3) is 0 Å². The van der Waals surface area contributed by atoms with Crippen molar-refractivity contribution in [3.63, 3.8) is 0 Å². The van der Waals surface area contributed by atoms with E-state index in [2.05, 4.69) is 26.1 Å². The van der Waals surface area contributed by atoms with Gasteiger partial charge in [-0.15, -0.1) is 0 Å². The molecular weight excluding hydrogens is 272 g/mol. The fourth-order valence-corrected chi connectivity index (χ4v) is 4.01. The van der Waals surface area contributed by atoms with Gasteiger partial charge in [-0.1, -0.05) is 0 Å². The first-order valence-corrected chi connectivity index (χ1v) is 6.73. The maximum Gasteiger partial charge on any atom is 0.238 e. The zero-order chi connectivity index (χ0) is 10.4. The van der Waals surface area contributed by atoms with Crippen molar-refractivity contribution in [3.8, 4) is 0 Å². The van der Waals surface area contributed by atoms with Crippen LogP contribution >= 0.6 is 15.9 Å². The van der Waals surface area contributed by atoms with Gasteiger partial charge in [0, 0.05) is 0 Å². The van der Waals surface area contributed by atoms with E-state index in [1.165, 1.54) is 0 Å². The number of aromatic nitrogens is 2. The molecule has 2 heterocycles. The van der Waals surface area contributed by atoms with Gasteiger partial charge >= 0.3 is 0 Å². The predicted octanol–water partition coefficient (Wildman–Crippen LogP) is 0.908. The first kappa shape index (κ1) is 10.1. The van der Waals surface area contributed by atoms with Crippen molar-refractivity contribution in [1.82, 2.24) is 10.1 Å². The smallest absolute Gasteiger partial charge is 0.238 e. The van der Waals surface area contributed by atoms with Crippen LogP contribution in [0.25, 0.3) is 0 Å². The summed E-state index contributed by atoms with van der Waals surface area (Å²) in [6.45, 7) is 1.83. The van der Waals surface area contributed by atoms with Crippen LogP contribution in [0.2, 0.25) is 0 Å². The summed E-state index contributed by atoms with van der Waals surface area (Å²) in [5.74, 6) is 0.684. The molecule has 0 bridgehead atoms. The fraction of sp³-hybridized carbons (Fsp3) is 0.714. The highest BCUT2D eigenvalue weighted by molar-refractivity contribution is 9.10. The van der Waals surface area contributed by atoms with Crippen molar-refractivity contribution >= 4 is 25.8 Å². The summed E-state index contributed by atoms with van der Waals surface area (Å²) in [5, 5.41) is 3.59. The lowest BCUT2D eigenvalue weighted by Crippen LogP contribution is -2.23. The Bertz CT molecular complexity index is 455. The standard InChI is InChI=1S/C7H9BrN2O3S/c1-7(2-3-14(11,12)4-7)5-9-6(8)10-13-5/h2-4H2,1H3. The molecule has 0 spiro atoms. The quantitative estimate of drug-likeness (QED) is 0.765. The molecule has 1 aliphatic heterocycles. The van der Waals surface area contributed by atoms with E-state index in [9.17, 15) is 8.42 Å². The minimum Gasteiger partial charge on any atom is -0.338 e. The monoisotopic (exact) mass is 280 g/mol. The van der Waals surface area contributed by atoms with Gasteiger partial charge in [0.1, 0.15) is 0 Å². The summed E-state index contributed by atoms with van der Waals surface area (Å²) in [6, 6.07) is 0. The zero-order valence-electron chi connectivity index (χ0n) is 7.53. The minimum absolute atomic E-state index is 0.0919. The molecule has 14 heavy (non-hydrogen) atoms. The van der Waals surface area contributed by atoms with Crippen molar-refractivity contribution < 1.29 is 12.9 Å². The Labute approximate surface area is 89.9 Å². The van der Waals surface area contributed by atoms with Gasteiger partial charge < -0.3 is 4.52 Å². The minimum atomic E-state index is -2.94. The van der Waals surface area contributed by atoms with Gasteiger partial charge in [-0.25, -0.2) is 8.42 Å².